The number of anilines is 1. The van der Waals surface area contributed by atoms with Gasteiger partial charge in [0.25, 0.3) is 17.4 Å². The highest BCUT2D eigenvalue weighted by Crippen LogP contribution is 2.28. The number of carbonyl (C=O) groups is 2. The quantitative estimate of drug-likeness (QED) is 0.262. The van der Waals surface area contributed by atoms with E-state index in [2.05, 4.69) is 28.5 Å². The average Bonchev–Trinajstić information content (AvgIpc) is 2.87. The second-order valence-electron chi connectivity index (χ2n) is 8.76. The molecule has 0 radical (unpaired) electrons. The van der Waals surface area contributed by atoms with Crippen molar-refractivity contribution in [2.24, 2.45) is 4.99 Å². The van der Waals surface area contributed by atoms with Gasteiger partial charge in [-0.1, -0.05) is 37.4 Å². The summed E-state index contributed by atoms with van der Waals surface area (Å²) in [6.07, 6.45) is 2.91. The highest BCUT2D eigenvalue weighted by molar-refractivity contribution is 6.15. The fraction of sp³-hybridized carbons (Fsp3) is 0.222. The van der Waals surface area contributed by atoms with E-state index in [-0.39, 0.29) is 11.4 Å². The van der Waals surface area contributed by atoms with Crippen LogP contribution in [-0.4, -0.2) is 78.7 Å². The van der Waals surface area contributed by atoms with Gasteiger partial charge in [0.2, 0.25) is 0 Å². The fourth-order valence-corrected chi connectivity index (χ4v) is 3.63. The number of hydrogen-bond donors (Lipinski definition) is 2. The van der Waals surface area contributed by atoms with Crippen LogP contribution in [0.25, 0.3) is 27.7 Å². The molecule has 1 heterocycles. The van der Waals surface area contributed by atoms with Crippen molar-refractivity contribution in [2.75, 3.05) is 47.0 Å². The van der Waals surface area contributed by atoms with Crippen LogP contribution in [0.3, 0.4) is 0 Å². The first kappa shape index (κ1) is 27.0. The van der Waals surface area contributed by atoms with Gasteiger partial charge in [0.15, 0.2) is 0 Å². The lowest BCUT2D eigenvalue weighted by Crippen LogP contribution is -2.39. The third-order valence-corrected chi connectivity index (χ3v) is 5.76. The van der Waals surface area contributed by atoms with Crippen molar-refractivity contribution in [1.82, 2.24) is 24.7 Å². The summed E-state index contributed by atoms with van der Waals surface area (Å²) in [5.74, 6) is -1.17. The molecule has 2 amide bonds. The van der Waals surface area contributed by atoms with E-state index in [1.54, 1.807) is 38.5 Å². The van der Waals surface area contributed by atoms with E-state index in [1.807, 2.05) is 37.2 Å². The smallest absolute Gasteiger partial charge is 0.272 e. The molecule has 0 unspecified atom stereocenters. The molecule has 0 fully saturated rings. The van der Waals surface area contributed by atoms with Crippen molar-refractivity contribution in [3.05, 3.63) is 77.5 Å². The summed E-state index contributed by atoms with van der Waals surface area (Å²) in [6.45, 7) is 8.51. The summed E-state index contributed by atoms with van der Waals surface area (Å²) in [5.41, 5.74) is 8.64. The third kappa shape index (κ3) is 5.99. The van der Waals surface area contributed by atoms with Gasteiger partial charge in [0, 0.05) is 50.2 Å². The number of hydrogen-bond acceptors (Lipinski definition) is 7. The Morgan fingerprint density at radius 3 is 2.54 bits per heavy atom. The van der Waals surface area contributed by atoms with E-state index >= 15 is 0 Å². The number of aromatic nitrogens is 2. The molecule has 0 spiro atoms. The highest BCUT2D eigenvalue weighted by Gasteiger charge is 2.19. The number of nitrogens with zero attached hydrogens (tertiary/aromatic N) is 5. The maximum Gasteiger partial charge on any atom is 0.272 e. The molecular weight excluding hydrogens is 470 g/mol. The Hall–Kier alpha value is -4.57. The van der Waals surface area contributed by atoms with Crippen LogP contribution in [0, 0.1) is 0 Å². The number of para-hydroxylation sites is 1. The van der Waals surface area contributed by atoms with Crippen molar-refractivity contribution >= 4 is 40.3 Å². The van der Waals surface area contributed by atoms with E-state index in [0.717, 1.165) is 15.7 Å². The third-order valence-electron chi connectivity index (χ3n) is 5.76. The van der Waals surface area contributed by atoms with E-state index in [4.69, 9.17) is 5.73 Å². The molecular formula is C27H31N7O3. The minimum absolute atomic E-state index is 0.120. The molecule has 0 bridgehead atoms. The number of carbonyl (C=O) groups excluding carboxylic acids is 2. The SMILES string of the molecule is C=C(NC(=O)C(=C)n1cnc2c(-c3ccc(C=NC)c(N)c3)cccc2c1=O)C(=O)N(C)CCN(C)C. The Labute approximate surface area is 215 Å². The van der Waals surface area contributed by atoms with E-state index in [9.17, 15) is 14.4 Å². The van der Waals surface area contributed by atoms with Gasteiger partial charge in [-0.3, -0.25) is 23.9 Å². The zero-order chi connectivity index (χ0) is 27.3. The van der Waals surface area contributed by atoms with Crippen LogP contribution in [0.2, 0.25) is 0 Å². The van der Waals surface area contributed by atoms with Crippen LogP contribution in [0.1, 0.15) is 5.56 Å². The first-order valence-electron chi connectivity index (χ1n) is 11.5. The maximum absolute atomic E-state index is 13.3. The summed E-state index contributed by atoms with van der Waals surface area (Å²) < 4.78 is 1.05. The average molecular weight is 502 g/mol. The largest absolute Gasteiger partial charge is 0.398 e. The molecule has 0 saturated heterocycles. The first-order chi connectivity index (χ1) is 17.5. The zero-order valence-electron chi connectivity index (χ0n) is 21.5. The van der Waals surface area contributed by atoms with Gasteiger partial charge in [0.1, 0.15) is 12.0 Å². The summed E-state index contributed by atoms with van der Waals surface area (Å²) in [7, 11) is 7.07. The zero-order valence-corrected chi connectivity index (χ0v) is 21.5. The summed E-state index contributed by atoms with van der Waals surface area (Å²) in [4.78, 5) is 50.4. The molecule has 3 aromatic rings. The van der Waals surface area contributed by atoms with Gasteiger partial charge in [0.05, 0.1) is 16.6 Å². The number of rotatable bonds is 9. The Bertz CT molecular complexity index is 1470. The van der Waals surface area contributed by atoms with Crippen LogP contribution < -0.4 is 16.6 Å². The molecule has 2 aromatic carbocycles. The second-order valence-corrected chi connectivity index (χ2v) is 8.76. The van der Waals surface area contributed by atoms with Crippen LogP contribution in [0.15, 0.2) is 71.4 Å². The van der Waals surface area contributed by atoms with Gasteiger partial charge in [-0.25, -0.2) is 4.98 Å². The van der Waals surface area contributed by atoms with Gasteiger partial charge in [-0.15, -0.1) is 0 Å². The molecule has 192 valence electrons. The molecule has 0 aliphatic carbocycles. The number of fused-ring (bicyclic) bond motifs is 1. The van der Waals surface area contributed by atoms with Crippen molar-refractivity contribution in [1.29, 1.82) is 0 Å². The Kier molecular flexibility index (Phi) is 8.36. The predicted octanol–water partition coefficient (Wildman–Crippen LogP) is 1.81. The van der Waals surface area contributed by atoms with E-state index in [0.29, 0.717) is 35.2 Å². The maximum atomic E-state index is 13.3. The van der Waals surface area contributed by atoms with Gasteiger partial charge in [-0.05, 0) is 31.8 Å². The lowest BCUT2D eigenvalue weighted by molar-refractivity contribution is -0.127. The van der Waals surface area contributed by atoms with Crippen molar-refractivity contribution in [2.45, 2.75) is 0 Å². The highest BCUT2D eigenvalue weighted by atomic mass is 16.2. The summed E-state index contributed by atoms with van der Waals surface area (Å²) >= 11 is 0. The number of amides is 2. The topological polar surface area (TPSA) is 126 Å². The second kappa shape index (κ2) is 11.4. The lowest BCUT2D eigenvalue weighted by Gasteiger charge is -2.21. The standard InChI is InChI=1S/C27H31N7O3/c1-17(26(36)33(6)13-12-32(4)5)31-25(35)18(2)34-16-30-24-21(8-7-9-22(24)27(34)37)19-10-11-20(15-29-3)23(28)14-19/h7-11,14-16H,1-2,12-13,28H2,3-6H3,(H,31,35). The number of benzene rings is 2. The van der Waals surface area contributed by atoms with Crippen molar-refractivity contribution in [3.8, 4) is 11.1 Å². The fourth-order valence-electron chi connectivity index (χ4n) is 3.63. The van der Waals surface area contributed by atoms with E-state index < -0.39 is 17.4 Å². The minimum atomic E-state index is -0.736. The molecule has 0 aliphatic heterocycles. The van der Waals surface area contributed by atoms with Gasteiger partial charge >= 0.3 is 0 Å². The number of likely N-dealkylation sites (N-methyl/N-ethyl adjacent to an activating group) is 2. The number of aliphatic imine (C=N–C) groups is 1. The predicted molar refractivity (Wildman–Crippen MR) is 148 cm³/mol. The van der Waals surface area contributed by atoms with Crippen LogP contribution in [0.5, 0.6) is 0 Å². The molecule has 10 heteroatoms. The molecule has 1 aromatic heterocycles. The van der Waals surface area contributed by atoms with Crippen molar-refractivity contribution < 1.29 is 9.59 Å². The van der Waals surface area contributed by atoms with Gasteiger partial charge < -0.3 is 20.9 Å². The number of nitrogen functional groups attached to an aromatic ring is 1. The molecule has 0 saturated carbocycles. The van der Waals surface area contributed by atoms with Crippen molar-refractivity contribution in [3.63, 3.8) is 0 Å². The minimum Gasteiger partial charge on any atom is -0.398 e. The van der Waals surface area contributed by atoms with Crippen LogP contribution >= 0.6 is 0 Å². The lowest BCUT2D eigenvalue weighted by atomic mass is 10.0. The molecule has 3 rings (SSSR count). The monoisotopic (exact) mass is 501 g/mol. The van der Waals surface area contributed by atoms with E-state index in [1.165, 1.54) is 11.2 Å². The van der Waals surface area contributed by atoms with Gasteiger partial charge in [-0.2, -0.15) is 0 Å². The molecule has 0 atom stereocenters. The first-order valence-corrected chi connectivity index (χ1v) is 11.5. The molecule has 10 nitrogen and oxygen atoms in total. The molecule has 0 aliphatic rings. The van der Waals surface area contributed by atoms with Crippen LogP contribution in [0.4, 0.5) is 5.69 Å². The normalized spacial score (nSPS) is 11.2. The molecule has 3 N–H and O–H groups in total. The Morgan fingerprint density at radius 2 is 1.89 bits per heavy atom. The number of nitrogens with one attached hydrogen (secondary N) is 1. The van der Waals surface area contributed by atoms with Crippen LogP contribution in [-0.2, 0) is 9.59 Å². The number of nitrogens with two attached hydrogens (primary N) is 1. The molecule has 37 heavy (non-hydrogen) atoms. The Morgan fingerprint density at radius 1 is 1.16 bits per heavy atom. The summed E-state index contributed by atoms with van der Waals surface area (Å²) in [5, 5.41) is 2.73. The Balaban J connectivity index is 1.86. The summed E-state index contributed by atoms with van der Waals surface area (Å²) in [6, 6.07) is 10.7.